The SMILES string of the molecule is COc1cc2c(cc1OC)C1CC(OC(C)=O)CCC1N=C2c1ccc(C(=O)NNc2cccc(S(N)(=O)=O)c2)cc1. The number of carbonyl (C=O) groups is 2. The first kappa shape index (κ1) is 29.1. The fourth-order valence-corrected chi connectivity index (χ4v) is 6.11. The van der Waals surface area contributed by atoms with Crippen molar-refractivity contribution in [3.63, 3.8) is 0 Å². The van der Waals surface area contributed by atoms with Crippen molar-refractivity contribution in [1.82, 2.24) is 5.43 Å². The van der Waals surface area contributed by atoms with Crippen LogP contribution >= 0.6 is 0 Å². The lowest BCUT2D eigenvalue weighted by atomic mass is 9.74. The largest absolute Gasteiger partial charge is 0.493 e. The van der Waals surface area contributed by atoms with Crippen molar-refractivity contribution in [2.75, 3.05) is 19.6 Å². The second kappa shape index (κ2) is 11.8. The van der Waals surface area contributed by atoms with Crippen LogP contribution in [-0.4, -0.2) is 52.4 Å². The predicted molar refractivity (Wildman–Crippen MR) is 156 cm³/mol. The van der Waals surface area contributed by atoms with E-state index >= 15 is 0 Å². The van der Waals surface area contributed by atoms with Crippen molar-refractivity contribution in [2.24, 2.45) is 10.1 Å². The Morgan fingerprint density at radius 1 is 0.976 bits per heavy atom. The smallest absolute Gasteiger partial charge is 0.302 e. The third-order valence-corrected chi connectivity index (χ3v) is 8.42. The summed E-state index contributed by atoms with van der Waals surface area (Å²) in [6, 6.07) is 16.8. The Bertz CT molecular complexity index is 1650. The molecular formula is C30H32N4O7S. The van der Waals surface area contributed by atoms with Gasteiger partial charge in [0.2, 0.25) is 10.0 Å². The monoisotopic (exact) mass is 592 g/mol. The molecule has 1 aliphatic heterocycles. The van der Waals surface area contributed by atoms with Crippen LogP contribution in [-0.2, 0) is 19.6 Å². The standard InChI is InChI=1S/C30H32N4O7S/c1-17(35)41-21-11-12-26-24(14-21)23-15-27(39-2)28(40-3)16-25(23)29(32-26)18-7-9-19(10-8-18)30(36)34-33-20-5-4-6-22(13-20)42(31,37)38/h4-10,13,15-16,21,24,26,33H,11-12,14H2,1-3H3,(H,34,36)(H2,31,37,38). The highest BCUT2D eigenvalue weighted by atomic mass is 32.2. The van der Waals surface area contributed by atoms with Crippen molar-refractivity contribution >= 4 is 33.3 Å². The molecule has 220 valence electrons. The van der Waals surface area contributed by atoms with Crippen LogP contribution < -0.4 is 25.5 Å². The van der Waals surface area contributed by atoms with Gasteiger partial charge in [-0.3, -0.25) is 25.4 Å². The summed E-state index contributed by atoms with van der Waals surface area (Å²) in [5.74, 6) is 0.528. The van der Waals surface area contributed by atoms with Crippen LogP contribution in [0.2, 0.25) is 0 Å². The molecule has 4 N–H and O–H groups in total. The number of nitrogens with zero attached hydrogens (tertiary/aromatic N) is 1. The van der Waals surface area contributed by atoms with Crippen LogP contribution in [0.1, 0.15) is 59.2 Å². The van der Waals surface area contributed by atoms with Crippen LogP contribution in [0.5, 0.6) is 11.5 Å². The topological polar surface area (TPSA) is 158 Å². The number of primary sulfonamides is 1. The van der Waals surface area contributed by atoms with Crippen LogP contribution in [0.25, 0.3) is 0 Å². The summed E-state index contributed by atoms with van der Waals surface area (Å²) in [4.78, 5) is 29.5. The third kappa shape index (κ3) is 6.09. The summed E-state index contributed by atoms with van der Waals surface area (Å²) in [7, 11) is -0.700. The zero-order valence-corrected chi connectivity index (χ0v) is 24.2. The lowest BCUT2D eigenvalue weighted by Gasteiger charge is -2.38. The number of hydrogen-bond acceptors (Lipinski definition) is 9. The van der Waals surface area contributed by atoms with Gasteiger partial charge < -0.3 is 14.2 Å². The van der Waals surface area contributed by atoms with E-state index in [0.29, 0.717) is 29.2 Å². The van der Waals surface area contributed by atoms with Crippen LogP contribution in [0.4, 0.5) is 5.69 Å². The number of rotatable bonds is 8. The summed E-state index contributed by atoms with van der Waals surface area (Å²) in [5, 5.41) is 5.18. The number of hydrogen-bond donors (Lipinski definition) is 3. The molecule has 0 aromatic heterocycles. The maximum absolute atomic E-state index is 12.8. The molecule has 3 atom stereocenters. The highest BCUT2D eigenvalue weighted by molar-refractivity contribution is 7.89. The molecular weight excluding hydrogens is 560 g/mol. The van der Waals surface area contributed by atoms with Crippen molar-refractivity contribution in [3.05, 3.63) is 82.9 Å². The fourth-order valence-electron chi connectivity index (χ4n) is 5.55. The number of anilines is 1. The van der Waals surface area contributed by atoms with E-state index in [4.69, 9.17) is 24.3 Å². The van der Waals surface area contributed by atoms with Crippen LogP contribution in [0.3, 0.4) is 0 Å². The number of nitrogens with two attached hydrogens (primary N) is 1. The lowest BCUT2D eigenvalue weighted by Crippen LogP contribution is -2.36. The predicted octanol–water partition coefficient (Wildman–Crippen LogP) is 3.53. The number of esters is 1. The number of amides is 1. The Kier molecular flexibility index (Phi) is 8.19. The lowest BCUT2D eigenvalue weighted by molar-refractivity contribution is -0.148. The van der Waals surface area contributed by atoms with E-state index in [1.54, 1.807) is 32.4 Å². The third-order valence-electron chi connectivity index (χ3n) is 7.51. The van der Waals surface area contributed by atoms with Gasteiger partial charge >= 0.3 is 5.97 Å². The minimum absolute atomic E-state index is 0.00215. The van der Waals surface area contributed by atoms with E-state index in [0.717, 1.165) is 35.2 Å². The molecule has 1 fully saturated rings. The van der Waals surface area contributed by atoms with Gasteiger partial charge in [-0.1, -0.05) is 18.2 Å². The number of ether oxygens (including phenoxy) is 3. The molecule has 11 nitrogen and oxygen atoms in total. The molecule has 1 aliphatic carbocycles. The number of hydrazine groups is 1. The number of aliphatic imine (C=N–C) groups is 1. The molecule has 0 saturated heterocycles. The van der Waals surface area contributed by atoms with Gasteiger partial charge in [-0.2, -0.15) is 0 Å². The summed E-state index contributed by atoms with van der Waals surface area (Å²) in [5.41, 5.74) is 9.59. The number of carbonyl (C=O) groups excluding carboxylic acids is 2. The second-order valence-electron chi connectivity index (χ2n) is 10.2. The number of sulfonamides is 1. The Hall–Kier alpha value is -4.42. The van der Waals surface area contributed by atoms with E-state index in [1.165, 1.54) is 25.1 Å². The molecule has 1 saturated carbocycles. The zero-order chi connectivity index (χ0) is 30.0. The second-order valence-corrected chi connectivity index (χ2v) is 11.8. The minimum atomic E-state index is -3.88. The number of nitrogens with one attached hydrogen (secondary N) is 2. The van der Waals surface area contributed by atoms with Crippen molar-refractivity contribution < 1.29 is 32.2 Å². The molecule has 5 rings (SSSR count). The average molecular weight is 593 g/mol. The minimum Gasteiger partial charge on any atom is -0.493 e. The van der Waals surface area contributed by atoms with E-state index < -0.39 is 15.9 Å². The van der Waals surface area contributed by atoms with Crippen molar-refractivity contribution in [3.8, 4) is 11.5 Å². The van der Waals surface area contributed by atoms with Crippen molar-refractivity contribution in [1.29, 1.82) is 0 Å². The van der Waals surface area contributed by atoms with E-state index in [-0.39, 0.29) is 28.9 Å². The molecule has 1 amide bonds. The molecule has 12 heteroatoms. The van der Waals surface area contributed by atoms with Crippen molar-refractivity contribution in [2.45, 2.75) is 49.1 Å². The van der Waals surface area contributed by atoms with E-state index in [2.05, 4.69) is 10.9 Å². The molecule has 3 aromatic rings. The van der Waals surface area contributed by atoms with E-state index in [9.17, 15) is 18.0 Å². The first-order valence-electron chi connectivity index (χ1n) is 13.4. The maximum Gasteiger partial charge on any atom is 0.302 e. The molecule has 2 aliphatic rings. The summed E-state index contributed by atoms with van der Waals surface area (Å²) >= 11 is 0. The highest BCUT2D eigenvalue weighted by Crippen LogP contribution is 2.45. The summed E-state index contributed by atoms with van der Waals surface area (Å²) < 4.78 is 39.9. The van der Waals surface area contributed by atoms with Crippen LogP contribution in [0.15, 0.2) is 70.6 Å². The van der Waals surface area contributed by atoms with Gasteiger partial charge in [-0.15, -0.1) is 0 Å². The van der Waals surface area contributed by atoms with Gasteiger partial charge in [-0.25, -0.2) is 13.6 Å². The molecule has 0 bridgehead atoms. The first-order chi connectivity index (χ1) is 20.1. The van der Waals surface area contributed by atoms with Gasteiger partial charge in [0.05, 0.1) is 36.6 Å². The van der Waals surface area contributed by atoms with Gasteiger partial charge in [0, 0.05) is 29.5 Å². The van der Waals surface area contributed by atoms with Crippen LogP contribution in [0, 0.1) is 0 Å². The quantitative estimate of drug-likeness (QED) is 0.265. The Balaban J connectivity index is 1.40. The van der Waals surface area contributed by atoms with Gasteiger partial charge in [-0.05, 0) is 67.3 Å². The number of methoxy groups -OCH3 is 2. The van der Waals surface area contributed by atoms with Gasteiger partial charge in [0.1, 0.15) is 6.10 Å². The number of benzene rings is 3. The highest BCUT2D eigenvalue weighted by Gasteiger charge is 2.38. The summed E-state index contributed by atoms with van der Waals surface area (Å²) in [6.45, 7) is 1.43. The first-order valence-corrected chi connectivity index (χ1v) is 14.9. The van der Waals surface area contributed by atoms with Gasteiger partial charge in [0.15, 0.2) is 11.5 Å². The number of fused-ring (bicyclic) bond motifs is 3. The Labute approximate surface area is 244 Å². The molecule has 3 unspecified atom stereocenters. The van der Waals surface area contributed by atoms with Gasteiger partial charge in [0.25, 0.3) is 5.91 Å². The summed E-state index contributed by atoms with van der Waals surface area (Å²) in [6.07, 6.45) is 1.98. The van der Waals surface area contributed by atoms with E-state index in [1.807, 2.05) is 24.3 Å². The Morgan fingerprint density at radius 3 is 2.36 bits per heavy atom. The molecule has 1 heterocycles. The molecule has 0 radical (unpaired) electrons. The average Bonchev–Trinajstić information content (AvgIpc) is 2.98. The molecule has 0 spiro atoms. The molecule has 3 aromatic carbocycles. The fraction of sp³-hybridized carbons (Fsp3) is 0.300. The molecule has 42 heavy (non-hydrogen) atoms. The zero-order valence-electron chi connectivity index (χ0n) is 23.4. The Morgan fingerprint density at radius 2 is 1.69 bits per heavy atom. The maximum atomic E-state index is 12.8. The normalized spacial score (nSPS) is 19.4.